The SMILES string of the molecule is CCCCCCC(=O)Nc1c(N)cc(Br)cc1Br. The molecular formula is C13H18Br2N2O. The van der Waals surface area contributed by atoms with Crippen molar-refractivity contribution in [1.29, 1.82) is 0 Å². The summed E-state index contributed by atoms with van der Waals surface area (Å²) in [6, 6.07) is 3.64. The summed E-state index contributed by atoms with van der Waals surface area (Å²) >= 11 is 6.74. The van der Waals surface area contributed by atoms with Crippen molar-refractivity contribution in [2.75, 3.05) is 11.1 Å². The molecular weight excluding hydrogens is 360 g/mol. The second-order valence-electron chi connectivity index (χ2n) is 4.21. The highest BCUT2D eigenvalue weighted by molar-refractivity contribution is 9.11. The molecule has 100 valence electrons. The van der Waals surface area contributed by atoms with Crippen molar-refractivity contribution in [2.45, 2.75) is 39.0 Å². The van der Waals surface area contributed by atoms with Crippen LogP contribution in [0.5, 0.6) is 0 Å². The van der Waals surface area contributed by atoms with Crippen molar-refractivity contribution >= 4 is 49.1 Å². The lowest BCUT2D eigenvalue weighted by molar-refractivity contribution is -0.116. The van der Waals surface area contributed by atoms with Crippen LogP contribution in [-0.4, -0.2) is 5.91 Å². The summed E-state index contributed by atoms with van der Waals surface area (Å²) < 4.78 is 1.67. The summed E-state index contributed by atoms with van der Waals surface area (Å²) in [5, 5.41) is 2.85. The molecule has 0 aromatic heterocycles. The Morgan fingerprint density at radius 3 is 2.61 bits per heavy atom. The van der Waals surface area contributed by atoms with Crippen LogP contribution in [0.15, 0.2) is 21.1 Å². The standard InChI is InChI=1S/C13H18Br2N2O/c1-2-3-4-5-6-12(18)17-13-10(15)7-9(14)8-11(13)16/h7-8H,2-6,16H2,1H3,(H,17,18). The van der Waals surface area contributed by atoms with Gasteiger partial charge in [0.1, 0.15) is 0 Å². The molecule has 0 aliphatic carbocycles. The molecule has 3 N–H and O–H groups in total. The first-order valence-electron chi connectivity index (χ1n) is 6.09. The van der Waals surface area contributed by atoms with Crippen LogP contribution in [0.1, 0.15) is 39.0 Å². The van der Waals surface area contributed by atoms with Crippen molar-refractivity contribution in [1.82, 2.24) is 0 Å². The smallest absolute Gasteiger partial charge is 0.224 e. The van der Waals surface area contributed by atoms with Crippen LogP contribution >= 0.6 is 31.9 Å². The van der Waals surface area contributed by atoms with Gasteiger partial charge in [-0.3, -0.25) is 4.79 Å². The van der Waals surface area contributed by atoms with Crippen molar-refractivity contribution in [3.8, 4) is 0 Å². The zero-order chi connectivity index (χ0) is 13.5. The van der Waals surface area contributed by atoms with Gasteiger partial charge < -0.3 is 11.1 Å². The fourth-order valence-corrected chi connectivity index (χ4v) is 3.00. The highest BCUT2D eigenvalue weighted by Gasteiger charge is 2.09. The number of rotatable bonds is 6. The third-order valence-electron chi connectivity index (χ3n) is 2.61. The Morgan fingerprint density at radius 1 is 1.28 bits per heavy atom. The molecule has 0 radical (unpaired) electrons. The molecule has 3 nitrogen and oxygen atoms in total. The maximum atomic E-state index is 11.8. The number of hydrogen-bond donors (Lipinski definition) is 2. The fraction of sp³-hybridized carbons (Fsp3) is 0.462. The number of anilines is 2. The molecule has 18 heavy (non-hydrogen) atoms. The lowest BCUT2D eigenvalue weighted by Crippen LogP contribution is -2.13. The van der Waals surface area contributed by atoms with E-state index in [0.29, 0.717) is 17.8 Å². The normalized spacial score (nSPS) is 10.4. The molecule has 1 rings (SSSR count). The lowest BCUT2D eigenvalue weighted by Gasteiger charge is -2.11. The first kappa shape index (κ1) is 15.5. The number of halogens is 2. The van der Waals surface area contributed by atoms with Crippen molar-refractivity contribution < 1.29 is 4.79 Å². The molecule has 0 spiro atoms. The van der Waals surface area contributed by atoms with E-state index in [2.05, 4.69) is 44.1 Å². The first-order valence-corrected chi connectivity index (χ1v) is 7.67. The average molecular weight is 378 g/mol. The summed E-state index contributed by atoms with van der Waals surface area (Å²) in [7, 11) is 0. The van der Waals surface area contributed by atoms with Gasteiger partial charge in [-0.15, -0.1) is 0 Å². The highest BCUT2D eigenvalue weighted by Crippen LogP contribution is 2.32. The number of carbonyl (C=O) groups is 1. The quantitative estimate of drug-likeness (QED) is 0.557. The van der Waals surface area contributed by atoms with Crippen LogP contribution in [0.2, 0.25) is 0 Å². The topological polar surface area (TPSA) is 55.1 Å². The monoisotopic (exact) mass is 376 g/mol. The Kier molecular flexibility index (Phi) is 6.71. The van der Waals surface area contributed by atoms with E-state index in [9.17, 15) is 4.79 Å². The Morgan fingerprint density at radius 2 is 2.00 bits per heavy atom. The Balaban J connectivity index is 2.54. The molecule has 1 amide bonds. The number of hydrogen-bond acceptors (Lipinski definition) is 2. The van der Waals surface area contributed by atoms with E-state index in [1.807, 2.05) is 6.07 Å². The predicted octanol–water partition coefficient (Wildman–Crippen LogP) is 4.70. The third-order valence-corrected chi connectivity index (χ3v) is 3.69. The average Bonchev–Trinajstić information content (AvgIpc) is 2.29. The molecule has 0 bridgehead atoms. The lowest BCUT2D eigenvalue weighted by atomic mass is 10.1. The second kappa shape index (κ2) is 7.79. The molecule has 5 heteroatoms. The van der Waals surface area contributed by atoms with Gasteiger partial charge >= 0.3 is 0 Å². The number of nitrogens with one attached hydrogen (secondary N) is 1. The fourth-order valence-electron chi connectivity index (χ4n) is 1.64. The summed E-state index contributed by atoms with van der Waals surface area (Å²) in [5.41, 5.74) is 7.08. The summed E-state index contributed by atoms with van der Waals surface area (Å²) in [6.45, 7) is 2.15. The Hall–Kier alpha value is -0.550. The third kappa shape index (κ3) is 4.98. The molecule has 0 saturated carbocycles. The van der Waals surface area contributed by atoms with Crippen LogP contribution in [0, 0.1) is 0 Å². The van der Waals surface area contributed by atoms with Gasteiger partial charge in [-0.25, -0.2) is 0 Å². The zero-order valence-electron chi connectivity index (χ0n) is 10.4. The van der Waals surface area contributed by atoms with E-state index in [1.54, 1.807) is 6.07 Å². The zero-order valence-corrected chi connectivity index (χ0v) is 13.6. The van der Waals surface area contributed by atoms with Gasteiger partial charge in [0.15, 0.2) is 0 Å². The van der Waals surface area contributed by atoms with Gasteiger partial charge in [0.05, 0.1) is 11.4 Å². The van der Waals surface area contributed by atoms with Gasteiger partial charge in [-0.05, 0) is 34.5 Å². The second-order valence-corrected chi connectivity index (χ2v) is 5.98. The van der Waals surface area contributed by atoms with Crippen LogP contribution in [-0.2, 0) is 4.79 Å². The van der Waals surface area contributed by atoms with E-state index < -0.39 is 0 Å². The van der Waals surface area contributed by atoms with E-state index >= 15 is 0 Å². The van der Waals surface area contributed by atoms with E-state index in [0.717, 1.165) is 21.8 Å². The molecule has 0 atom stereocenters. The summed E-state index contributed by atoms with van der Waals surface area (Å²) in [5.74, 6) is 0.0147. The maximum absolute atomic E-state index is 11.8. The molecule has 1 aromatic rings. The minimum absolute atomic E-state index is 0.0147. The van der Waals surface area contributed by atoms with E-state index in [4.69, 9.17) is 5.73 Å². The number of nitrogens with two attached hydrogens (primary N) is 1. The highest BCUT2D eigenvalue weighted by atomic mass is 79.9. The van der Waals surface area contributed by atoms with Gasteiger partial charge in [0.2, 0.25) is 5.91 Å². The van der Waals surface area contributed by atoms with Crippen molar-refractivity contribution in [2.24, 2.45) is 0 Å². The number of nitrogen functional groups attached to an aromatic ring is 1. The Bertz CT molecular complexity index is 398. The minimum Gasteiger partial charge on any atom is -0.397 e. The number of unbranched alkanes of at least 4 members (excludes halogenated alkanes) is 3. The maximum Gasteiger partial charge on any atom is 0.224 e. The minimum atomic E-state index is 0.0147. The van der Waals surface area contributed by atoms with Crippen molar-refractivity contribution in [3.05, 3.63) is 21.1 Å². The predicted molar refractivity (Wildman–Crippen MR) is 83.6 cm³/mol. The molecule has 0 saturated heterocycles. The number of benzene rings is 1. The molecule has 0 unspecified atom stereocenters. The van der Waals surface area contributed by atoms with Crippen molar-refractivity contribution in [3.63, 3.8) is 0 Å². The summed E-state index contributed by atoms with van der Waals surface area (Å²) in [6.07, 6.45) is 4.92. The number of carbonyl (C=O) groups excluding carboxylic acids is 1. The Labute approximate surface area is 125 Å². The van der Waals surface area contributed by atoms with E-state index in [-0.39, 0.29) is 5.91 Å². The largest absolute Gasteiger partial charge is 0.397 e. The van der Waals surface area contributed by atoms with Crippen LogP contribution in [0.4, 0.5) is 11.4 Å². The number of amides is 1. The molecule has 0 fully saturated rings. The first-order chi connectivity index (χ1) is 8.54. The van der Waals surface area contributed by atoms with Gasteiger partial charge in [0, 0.05) is 15.4 Å². The van der Waals surface area contributed by atoms with Crippen LogP contribution in [0.25, 0.3) is 0 Å². The molecule has 0 aliphatic heterocycles. The van der Waals surface area contributed by atoms with Gasteiger partial charge in [0.25, 0.3) is 0 Å². The molecule has 0 aliphatic rings. The van der Waals surface area contributed by atoms with E-state index in [1.165, 1.54) is 12.8 Å². The van der Waals surface area contributed by atoms with Crippen LogP contribution < -0.4 is 11.1 Å². The summed E-state index contributed by atoms with van der Waals surface area (Å²) in [4.78, 5) is 11.8. The molecule has 0 heterocycles. The van der Waals surface area contributed by atoms with Crippen LogP contribution in [0.3, 0.4) is 0 Å². The molecule has 1 aromatic carbocycles. The van der Waals surface area contributed by atoms with Gasteiger partial charge in [-0.2, -0.15) is 0 Å². The van der Waals surface area contributed by atoms with Gasteiger partial charge in [-0.1, -0.05) is 42.1 Å².